The second-order valence-electron chi connectivity index (χ2n) is 8.99. The molecule has 7 nitrogen and oxygen atoms in total. The molecule has 2 amide bonds. The van der Waals surface area contributed by atoms with Crippen LogP contribution in [-0.4, -0.2) is 31.1 Å². The molecule has 2 aliphatic rings. The van der Waals surface area contributed by atoms with Crippen LogP contribution in [0.15, 0.2) is 72.8 Å². The largest absolute Gasteiger partial charge is 0.490 e. The van der Waals surface area contributed by atoms with Crippen LogP contribution >= 0.6 is 11.6 Å². The summed E-state index contributed by atoms with van der Waals surface area (Å²) in [5.41, 5.74) is 2.01. The van der Waals surface area contributed by atoms with Crippen molar-refractivity contribution in [2.24, 2.45) is 5.92 Å². The fraction of sp³-hybridized carbons (Fsp3) is 0.310. The van der Waals surface area contributed by atoms with Gasteiger partial charge in [0.2, 0.25) is 5.91 Å². The molecule has 3 atom stereocenters. The van der Waals surface area contributed by atoms with Gasteiger partial charge < -0.3 is 9.47 Å². The maximum absolute atomic E-state index is 13.8. The molecule has 3 aromatic carbocycles. The summed E-state index contributed by atoms with van der Waals surface area (Å²) in [6, 6.07) is 21.2. The molecule has 0 aromatic heterocycles. The van der Waals surface area contributed by atoms with Gasteiger partial charge >= 0.3 is 0 Å². The number of ether oxygens (including phenoxy) is 2. The van der Waals surface area contributed by atoms with Crippen LogP contribution in [0.3, 0.4) is 0 Å². The van der Waals surface area contributed by atoms with E-state index in [0.717, 1.165) is 24.1 Å². The van der Waals surface area contributed by atoms with Gasteiger partial charge in [-0.2, -0.15) is 0 Å². The number of carbonyl (C=O) groups is 2. The standard InChI is InChI=1S/C29H29ClN2O5/c1-3-5-17-36-23-16-11-19(18-24(23)35-4-2)26-25-27(37-32(26)22-9-7-6-8-10-22)29(34)31(28(25)33)21-14-12-20(30)13-15-21/h6-16,18,25-27H,3-5,17H2,1-2H3/t25-,26+,27+/m1/s1. The Balaban J connectivity index is 1.55. The van der Waals surface area contributed by atoms with Crippen molar-refractivity contribution in [2.75, 3.05) is 23.2 Å². The molecule has 3 aromatic rings. The Hall–Kier alpha value is -3.55. The van der Waals surface area contributed by atoms with Crippen molar-refractivity contribution >= 4 is 34.8 Å². The molecule has 0 saturated carbocycles. The van der Waals surface area contributed by atoms with Gasteiger partial charge in [-0.05, 0) is 67.4 Å². The monoisotopic (exact) mass is 520 g/mol. The van der Waals surface area contributed by atoms with Crippen molar-refractivity contribution in [1.82, 2.24) is 0 Å². The van der Waals surface area contributed by atoms with Crippen LogP contribution in [0.5, 0.6) is 11.5 Å². The summed E-state index contributed by atoms with van der Waals surface area (Å²) in [5.74, 6) is -0.215. The highest BCUT2D eigenvalue weighted by Crippen LogP contribution is 2.48. The quantitative estimate of drug-likeness (QED) is 0.256. The number of carbonyl (C=O) groups excluding carboxylic acids is 2. The molecular formula is C29H29ClN2O5. The normalized spacial score (nSPS) is 20.9. The number of hydrogen-bond acceptors (Lipinski definition) is 6. The highest BCUT2D eigenvalue weighted by atomic mass is 35.5. The minimum absolute atomic E-state index is 0.318. The van der Waals surface area contributed by atoms with E-state index in [2.05, 4.69) is 6.92 Å². The molecule has 0 N–H and O–H groups in total. The summed E-state index contributed by atoms with van der Waals surface area (Å²) in [6.45, 7) is 5.08. The van der Waals surface area contributed by atoms with E-state index in [1.165, 1.54) is 4.90 Å². The zero-order valence-electron chi connectivity index (χ0n) is 20.8. The average Bonchev–Trinajstić information content (AvgIpc) is 3.42. The number of para-hydroxylation sites is 1. The highest BCUT2D eigenvalue weighted by Gasteiger charge is 2.60. The third kappa shape index (κ3) is 4.77. The lowest BCUT2D eigenvalue weighted by atomic mass is 9.90. The SMILES string of the molecule is CCCCOc1ccc([C@H]2[C@H]3C(=O)N(c4ccc(Cl)cc4)C(=O)[C@H]3ON2c2ccccc2)cc1OCC. The van der Waals surface area contributed by atoms with Crippen molar-refractivity contribution in [3.05, 3.63) is 83.4 Å². The third-order valence-electron chi connectivity index (χ3n) is 6.58. The first kappa shape index (κ1) is 25.1. The minimum atomic E-state index is -0.954. The molecule has 0 unspecified atom stereocenters. The molecule has 8 heteroatoms. The van der Waals surface area contributed by atoms with E-state index in [4.69, 9.17) is 25.9 Å². The van der Waals surface area contributed by atoms with Gasteiger partial charge in [-0.3, -0.25) is 14.4 Å². The second-order valence-corrected chi connectivity index (χ2v) is 9.42. The molecule has 37 heavy (non-hydrogen) atoms. The Labute approximate surface area is 221 Å². The van der Waals surface area contributed by atoms with Gasteiger partial charge in [0.05, 0.1) is 30.6 Å². The lowest BCUT2D eigenvalue weighted by molar-refractivity contribution is -0.126. The molecule has 0 bridgehead atoms. The molecular weight excluding hydrogens is 492 g/mol. The summed E-state index contributed by atoms with van der Waals surface area (Å²) in [7, 11) is 0. The molecule has 2 heterocycles. The van der Waals surface area contributed by atoms with Crippen molar-refractivity contribution in [3.8, 4) is 11.5 Å². The lowest BCUT2D eigenvalue weighted by Gasteiger charge is -2.29. The number of hydroxylamine groups is 1. The Morgan fingerprint density at radius 1 is 0.865 bits per heavy atom. The summed E-state index contributed by atoms with van der Waals surface area (Å²) < 4.78 is 11.9. The van der Waals surface area contributed by atoms with E-state index in [1.807, 2.05) is 55.5 Å². The second kappa shape index (κ2) is 10.8. The number of hydrogen-bond donors (Lipinski definition) is 0. The van der Waals surface area contributed by atoms with E-state index >= 15 is 0 Å². The summed E-state index contributed by atoms with van der Waals surface area (Å²) in [5, 5.41) is 2.20. The maximum Gasteiger partial charge on any atom is 0.266 e. The van der Waals surface area contributed by atoms with E-state index in [-0.39, 0.29) is 5.91 Å². The molecule has 2 saturated heterocycles. The predicted molar refractivity (Wildman–Crippen MR) is 142 cm³/mol. The molecule has 0 radical (unpaired) electrons. The number of fused-ring (bicyclic) bond motifs is 1. The van der Waals surface area contributed by atoms with Gasteiger partial charge in [-0.25, -0.2) is 9.96 Å². The van der Waals surface area contributed by atoms with Crippen LogP contribution in [0.4, 0.5) is 11.4 Å². The number of amides is 2. The Bertz CT molecular complexity index is 1270. The number of benzene rings is 3. The van der Waals surface area contributed by atoms with E-state index in [1.54, 1.807) is 29.3 Å². The predicted octanol–water partition coefficient (Wildman–Crippen LogP) is 5.97. The van der Waals surface area contributed by atoms with E-state index in [0.29, 0.717) is 35.4 Å². The van der Waals surface area contributed by atoms with Crippen molar-refractivity contribution in [1.29, 1.82) is 0 Å². The van der Waals surface area contributed by atoms with Gasteiger partial charge in [0.15, 0.2) is 17.6 Å². The van der Waals surface area contributed by atoms with Crippen LogP contribution in [-0.2, 0) is 14.4 Å². The van der Waals surface area contributed by atoms with Crippen molar-refractivity contribution < 1.29 is 23.9 Å². The molecule has 0 aliphatic carbocycles. The number of rotatable bonds is 9. The third-order valence-corrected chi connectivity index (χ3v) is 6.83. The maximum atomic E-state index is 13.8. The van der Waals surface area contributed by atoms with Crippen molar-refractivity contribution in [3.63, 3.8) is 0 Å². The fourth-order valence-electron chi connectivity index (χ4n) is 4.82. The molecule has 2 aliphatic heterocycles. The number of anilines is 2. The van der Waals surface area contributed by atoms with E-state index < -0.39 is 24.0 Å². The first-order chi connectivity index (χ1) is 18.0. The van der Waals surface area contributed by atoms with Crippen molar-refractivity contribution in [2.45, 2.75) is 38.8 Å². The summed E-state index contributed by atoms with van der Waals surface area (Å²) in [6.07, 6.45) is 1.01. The number of halogens is 1. The van der Waals surface area contributed by atoms with Gasteiger partial charge in [0.25, 0.3) is 5.91 Å². The Morgan fingerprint density at radius 3 is 2.32 bits per heavy atom. The van der Waals surface area contributed by atoms with Gasteiger partial charge in [0, 0.05) is 5.02 Å². The molecule has 0 spiro atoms. The molecule has 2 fully saturated rings. The zero-order valence-corrected chi connectivity index (χ0v) is 21.6. The first-order valence-electron chi connectivity index (χ1n) is 12.6. The van der Waals surface area contributed by atoms with Gasteiger partial charge in [-0.1, -0.05) is 49.2 Å². The lowest BCUT2D eigenvalue weighted by Crippen LogP contribution is -2.37. The summed E-state index contributed by atoms with van der Waals surface area (Å²) in [4.78, 5) is 34.7. The number of unbranched alkanes of at least 4 members (excludes halogenated alkanes) is 1. The first-order valence-corrected chi connectivity index (χ1v) is 12.9. The van der Waals surface area contributed by atoms with Crippen LogP contribution in [0, 0.1) is 5.92 Å². The number of nitrogens with zero attached hydrogens (tertiary/aromatic N) is 2. The van der Waals surface area contributed by atoms with Gasteiger partial charge in [0.1, 0.15) is 5.92 Å². The van der Waals surface area contributed by atoms with Crippen LogP contribution < -0.4 is 19.4 Å². The van der Waals surface area contributed by atoms with E-state index in [9.17, 15) is 9.59 Å². The Morgan fingerprint density at radius 2 is 1.62 bits per heavy atom. The molecule has 192 valence electrons. The molecule has 5 rings (SSSR count). The Kier molecular flexibility index (Phi) is 7.35. The fourth-order valence-corrected chi connectivity index (χ4v) is 4.95. The minimum Gasteiger partial charge on any atom is -0.490 e. The smallest absolute Gasteiger partial charge is 0.266 e. The summed E-state index contributed by atoms with van der Waals surface area (Å²) >= 11 is 6.03. The van der Waals surface area contributed by atoms with Gasteiger partial charge in [-0.15, -0.1) is 0 Å². The van der Waals surface area contributed by atoms with Crippen LogP contribution in [0.1, 0.15) is 38.3 Å². The highest BCUT2D eigenvalue weighted by molar-refractivity contribution is 6.31. The van der Waals surface area contributed by atoms with Crippen LogP contribution in [0.2, 0.25) is 5.02 Å². The van der Waals surface area contributed by atoms with Crippen LogP contribution in [0.25, 0.3) is 0 Å². The topological polar surface area (TPSA) is 68.3 Å². The number of imide groups is 1. The average molecular weight is 521 g/mol. The zero-order chi connectivity index (χ0) is 25.9.